The third kappa shape index (κ3) is 8.62. The minimum absolute atomic E-state index is 0.00234. The largest absolute Gasteiger partial charge is 0.455 e. The molecule has 9 aromatic carbocycles. The molecule has 0 radical (unpaired) electrons. The van der Waals surface area contributed by atoms with E-state index in [-0.39, 0.29) is 50.2 Å². The van der Waals surface area contributed by atoms with E-state index in [4.69, 9.17) is 8.83 Å². The molecule has 92 heavy (non-hydrogen) atoms. The van der Waals surface area contributed by atoms with Gasteiger partial charge in [-0.3, -0.25) is 0 Å². The van der Waals surface area contributed by atoms with Gasteiger partial charge in [0.15, 0.2) is 5.58 Å². The Kier molecular flexibility index (Phi) is 12.1. The van der Waals surface area contributed by atoms with Crippen LogP contribution in [-0.4, -0.2) is 11.4 Å². The quantitative estimate of drug-likeness (QED) is 0.165. The molecule has 0 spiro atoms. The summed E-state index contributed by atoms with van der Waals surface area (Å²) in [5, 5.41) is 7.19. The summed E-state index contributed by atoms with van der Waals surface area (Å²) in [6.07, 6.45) is 4.54. The number of hydrogen-bond donors (Lipinski definition) is 0. The lowest BCUT2D eigenvalue weighted by Crippen LogP contribution is -2.61. The molecule has 0 saturated heterocycles. The highest BCUT2D eigenvalue weighted by Gasteiger charge is 2.48. The zero-order valence-electron chi connectivity index (χ0n) is 58.4. The molecule has 0 bridgehead atoms. The normalized spacial score (nSPS) is 17.3. The van der Waals surface area contributed by atoms with Crippen molar-refractivity contribution >= 4 is 112 Å². The molecule has 2 aliphatic heterocycles. The van der Waals surface area contributed by atoms with E-state index in [2.05, 4.69) is 298 Å². The van der Waals surface area contributed by atoms with E-state index in [1.807, 2.05) is 0 Å². The van der Waals surface area contributed by atoms with Crippen LogP contribution in [0.5, 0.6) is 0 Å². The van der Waals surface area contributed by atoms with E-state index in [0.717, 1.165) is 92.8 Å². The predicted octanol–water partition coefficient (Wildman–Crippen LogP) is 23.2. The van der Waals surface area contributed by atoms with Gasteiger partial charge in [-0.2, -0.15) is 0 Å². The molecular weight excluding hydrogens is 1120 g/mol. The SMILES string of the molecule is CC(C)(C)c1ccc(N(c2ccc(C(C)(C)C)cc2)c2cc3c4c(c2)-n2c5ccc(C(C)(C)C)cc5c5cc(C(C)(C)C)cc(c52)B4N(c2cccc4c2oc2cc5c(cc24)C(C)(C)CCC5(C)C)c2ccc4c(oc5cc6c(cc54)C(C)(C)CCC6(C)C)c2-3)cc1. The Morgan fingerprint density at radius 2 is 0.870 bits per heavy atom. The van der Waals surface area contributed by atoms with Crippen molar-refractivity contribution in [3.63, 3.8) is 0 Å². The Morgan fingerprint density at radius 1 is 0.391 bits per heavy atom. The molecule has 4 aliphatic rings. The summed E-state index contributed by atoms with van der Waals surface area (Å²) in [5.41, 5.74) is 28.3. The first-order valence-electron chi connectivity index (χ1n) is 34.3. The van der Waals surface area contributed by atoms with E-state index in [1.165, 1.54) is 99.3 Å². The van der Waals surface area contributed by atoms with Crippen LogP contribution in [0.25, 0.3) is 82.5 Å². The highest BCUT2D eigenvalue weighted by Crippen LogP contribution is 2.56. The van der Waals surface area contributed by atoms with Crippen LogP contribution in [0, 0.1) is 0 Å². The second kappa shape index (κ2) is 18.9. The van der Waals surface area contributed by atoms with Crippen LogP contribution in [-0.2, 0) is 43.3 Å². The average molecular weight is 1210 g/mol. The molecule has 0 amide bonds. The number of furan rings is 2. The summed E-state index contributed by atoms with van der Waals surface area (Å²) in [6.45, 7) is 47.2. The molecular formula is C86H92BN3O2. The number of nitrogens with zero attached hydrogens (tertiary/aromatic N) is 3. The van der Waals surface area contributed by atoms with Crippen LogP contribution in [0.2, 0.25) is 0 Å². The van der Waals surface area contributed by atoms with Gasteiger partial charge in [-0.05, 0) is 227 Å². The summed E-state index contributed by atoms with van der Waals surface area (Å²) < 4.78 is 18.0. The molecule has 0 saturated carbocycles. The lowest BCUT2D eigenvalue weighted by molar-refractivity contribution is 0.332. The summed E-state index contributed by atoms with van der Waals surface area (Å²) in [5.74, 6) is 0. The van der Waals surface area contributed by atoms with Gasteiger partial charge in [0.2, 0.25) is 0 Å². The number of hydrogen-bond acceptors (Lipinski definition) is 4. The van der Waals surface area contributed by atoms with Crippen LogP contribution >= 0.6 is 0 Å². The zero-order valence-corrected chi connectivity index (χ0v) is 58.4. The number of benzene rings is 9. The van der Waals surface area contributed by atoms with Gasteiger partial charge >= 0.3 is 6.85 Å². The fourth-order valence-corrected chi connectivity index (χ4v) is 16.9. The van der Waals surface area contributed by atoms with Gasteiger partial charge < -0.3 is 23.1 Å². The molecule has 12 aromatic rings. The van der Waals surface area contributed by atoms with Crippen LogP contribution in [0.4, 0.5) is 28.4 Å². The van der Waals surface area contributed by atoms with Gasteiger partial charge in [0.1, 0.15) is 16.7 Å². The number of rotatable bonds is 4. The predicted molar refractivity (Wildman–Crippen MR) is 394 cm³/mol. The fraction of sp³-hybridized carbons (Fsp3) is 0.372. The molecule has 16 rings (SSSR count). The Bertz CT molecular complexity index is 5080. The highest BCUT2D eigenvalue weighted by atomic mass is 16.3. The minimum Gasteiger partial charge on any atom is -0.455 e. The second-order valence-corrected chi connectivity index (χ2v) is 35.2. The van der Waals surface area contributed by atoms with Gasteiger partial charge in [0.05, 0.1) is 16.7 Å². The van der Waals surface area contributed by atoms with E-state index in [0.29, 0.717) is 0 Å². The molecule has 466 valence electrons. The molecule has 6 heteroatoms. The van der Waals surface area contributed by atoms with Crippen molar-refractivity contribution in [3.8, 4) is 16.8 Å². The Hall–Kier alpha value is -7.96. The molecule has 0 fully saturated rings. The van der Waals surface area contributed by atoms with Gasteiger partial charge in [-0.15, -0.1) is 0 Å². The fourth-order valence-electron chi connectivity index (χ4n) is 16.9. The number of aromatic nitrogens is 1. The van der Waals surface area contributed by atoms with Crippen molar-refractivity contribution < 1.29 is 8.83 Å². The second-order valence-electron chi connectivity index (χ2n) is 35.2. The smallest absolute Gasteiger partial charge is 0.333 e. The molecule has 0 unspecified atom stereocenters. The Morgan fingerprint density at radius 3 is 1.39 bits per heavy atom. The van der Waals surface area contributed by atoms with Gasteiger partial charge in [-0.1, -0.05) is 187 Å². The van der Waals surface area contributed by atoms with Crippen LogP contribution in [0.3, 0.4) is 0 Å². The first kappa shape index (κ1) is 59.1. The van der Waals surface area contributed by atoms with Gasteiger partial charge in [-0.25, -0.2) is 0 Å². The molecule has 0 atom stereocenters. The number of para-hydroxylation sites is 1. The summed E-state index contributed by atoms with van der Waals surface area (Å²) in [6, 6.07) is 57.9. The standard InChI is InChI=1S/C86H92BN3O2/c1-79(2,3)49-24-29-53(30-25-49)88(54-31-26-50(27-32-54)80(4,5)6)55-43-62-74-69(35-33-57-60-46-64-66(48-73(60)92-78(57)74)86(19,20)39-37-84(64,15)16)90(70-23-21-22-56-59-45-63-65(47-72(59)91-77(56)70)85(17,18)38-36-83(63,13)14)87-67-42-52(82(10,11)12)41-61-58-40-51(81(7,8)9)28-34-68(58)89(76(61)67)71(44-55)75(62)87/h21-35,40-48H,36-39H2,1-20H3. The number of fused-ring (bicyclic) bond motifs is 16. The maximum Gasteiger partial charge on any atom is 0.333 e. The highest BCUT2D eigenvalue weighted by molar-refractivity contribution is 6.94. The van der Waals surface area contributed by atoms with Crippen LogP contribution in [0.1, 0.15) is 209 Å². The third-order valence-electron chi connectivity index (χ3n) is 22.9. The van der Waals surface area contributed by atoms with Crippen molar-refractivity contribution in [3.05, 3.63) is 190 Å². The van der Waals surface area contributed by atoms with E-state index >= 15 is 0 Å². The third-order valence-corrected chi connectivity index (χ3v) is 22.9. The first-order valence-corrected chi connectivity index (χ1v) is 34.3. The van der Waals surface area contributed by atoms with Crippen molar-refractivity contribution in [2.45, 2.75) is 207 Å². The monoisotopic (exact) mass is 1210 g/mol. The van der Waals surface area contributed by atoms with E-state index < -0.39 is 0 Å². The molecule has 2 aliphatic carbocycles. The van der Waals surface area contributed by atoms with E-state index in [9.17, 15) is 0 Å². The molecule has 5 heterocycles. The lowest BCUT2D eigenvalue weighted by atomic mass is 9.43. The maximum atomic E-state index is 7.76. The Labute approximate surface area is 546 Å². The van der Waals surface area contributed by atoms with E-state index in [1.54, 1.807) is 0 Å². The average Bonchev–Trinajstić information content (AvgIpc) is 1.57. The lowest BCUT2D eigenvalue weighted by Gasteiger charge is -2.43. The topological polar surface area (TPSA) is 37.7 Å². The molecule has 3 aromatic heterocycles. The molecule has 5 nitrogen and oxygen atoms in total. The van der Waals surface area contributed by atoms with Gasteiger partial charge in [0.25, 0.3) is 0 Å². The van der Waals surface area contributed by atoms with Crippen LogP contribution < -0.4 is 20.6 Å². The van der Waals surface area contributed by atoms with Gasteiger partial charge in [0, 0.05) is 66.3 Å². The summed E-state index contributed by atoms with van der Waals surface area (Å²) in [7, 11) is 0. The first-order chi connectivity index (χ1) is 43.1. The zero-order chi connectivity index (χ0) is 64.8. The Balaban J connectivity index is 1.08. The maximum absolute atomic E-state index is 7.76. The van der Waals surface area contributed by atoms with Crippen LogP contribution in [0.15, 0.2) is 154 Å². The number of anilines is 5. The van der Waals surface area contributed by atoms with Crippen molar-refractivity contribution in [2.24, 2.45) is 0 Å². The van der Waals surface area contributed by atoms with Crippen molar-refractivity contribution in [2.75, 3.05) is 9.71 Å². The minimum atomic E-state index is -0.295. The van der Waals surface area contributed by atoms with Crippen molar-refractivity contribution in [1.82, 2.24) is 4.57 Å². The molecule has 0 N–H and O–H groups in total. The summed E-state index contributed by atoms with van der Waals surface area (Å²) in [4.78, 5) is 5.21. The summed E-state index contributed by atoms with van der Waals surface area (Å²) >= 11 is 0. The van der Waals surface area contributed by atoms with Crippen molar-refractivity contribution in [1.29, 1.82) is 0 Å².